The van der Waals surface area contributed by atoms with E-state index >= 15 is 0 Å². The van der Waals surface area contributed by atoms with E-state index in [1.165, 1.54) is 6.07 Å². The predicted octanol–water partition coefficient (Wildman–Crippen LogP) is 2.96. The standard InChI is InChI=1S/C13H14ClFN4/c1-7-2-3-18-5-8(7)6-19-13-10(17)4-9(16)11(14)12(13)15/h2-5,19H,6,16-17H2,1H3. The van der Waals surface area contributed by atoms with Crippen LogP contribution in [0.5, 0.6) is 0 Å². The molecule has 6 heteroatoms. The maximum Gasteiger partial charge on any atom is 0.169 e. The van der Waals surface area contributed by atoms with Crippen molar-refractivity contribution in [3.63, 3.8) is 0 Å². The van der Waals surface area contributed by atoms with Crippen molar-refractivity contribution in [3.8, 4) is 0 Å². The van der Waals surface area contributed by atoms with Gasteiger partial charge in [-0.25, -0.2) is 4.39 Å². The quantitative estimate of drug-likeness (QED) is 0.756. The van der Waals surface area contributed by atoms with Gasteiger partial charge in [0.2, 0.25) is 0 Å². The molecule has 0 atom stereocenters. The topological polar surface area (TPSA) is 77.0 Å². The maximum absolute atomic E-state index is 14.0. The van der Waals surface area contributed by atoms with E-state index in [2.05, 4.69) is 10.3 Å². The first-order valence-electron chi connectivity index (χ1n) is 5.67. The Bertz CT molecular complexity index is 616. The Balaban J connectivity index is 2.26. The first-order chi connectivity index (χ1) is 9.00. The highest BCUT2D eigenvalue weighted by Crippen LogP contribution is 2.33. The number of pyridine rings is 1. The predicted molar refractivity (Wildman–Crippen MR) is 76.5 cm³/mol. The number of benzene rings is 1. The van der Waals surface area contributed by atoms with Crippen LogP contribution in [-0.4, -0.2) is 4.98 Å². The number of halogens is 2. The van der Waals surface area contributed by atoms with Gasteiger partial charge in [0.15, 0.2) is 5.82 Å². The van der Waals surface area contributed by atoms with Crippen molar-refractivity contribution in [2.75, 3.05) is 16.8 Å². The first-order valence-corrected chi connectivity index (χ1v) is 6.04. The SMILES string of the molecule is Cc1ccncc1CNc1c(N)cc(N)c(Cl)c1F. The van der Waals surface area contributed by atoms with Gasteiger partial charge in [0, 0.05) is 18.9 Å². The monoisotopic (exact) mass is 280 g/mol. The highest BCUT2D eigenvalue weighted by molar-refractivity contribution is 6.33. The molecule has 0 amide bonds. The lowest BCUT2D eigenvalue weighted by atomic mass is 10.1. The molecule has 0 spiro atoms. The Kier molecular flexibility index (Phi) is 3.76. The van der Waals surface area contributed by atoms with Crippen molar-refractivity contribution in [2.24, 2.45) is 0 Å². The molecule has 0 aliphatic heterocycles. The summed E-state index contributed by atoms with van der Waals surface area (Å²) < 4.78 is 14.0. The van der Waals surface area contributed by atoms with E-state index in [1.54, 1.807) is 12.4 Å². The number of nitrogens with one attached hydrogen (secondary N) is 1. The molecule has 0 radical (unpaired) electrons. The summed E-state index contributed by atoms with van der Waals surface area (Å²) in [7, 11) is 0. The molecule has 100 valence electrons. The number of rotatable bonds is 3. The lowest BCUT2D eigenvalue weighted by Gasteiger charge is -2.13. The minimum absolute atomic E-state index is 0.125. The van der Waals surface area contributed by atoms with Gasteiger partial charge in [-0.05, 0) is 30.2 Å². The van der Waals surface area contributed by atoms with E-state index in [0.29, 0.717) is 6.54 Å². The second-order valence-corrected chi connectivity index (χ2v) is 4.59. The molecule has 0 aliphatic carbocycles. The van der Waals surface area contributed by atoms with Crippen molar-refractivity contribution in [3.05, 3.63) is 46.5 Å². The van der Waals surface area contributed by atoms with Crippen LogP contribution in [0.25, 0.3) is 0 Å². The van der Waals surface area contributed by atoms with Gasteiger partial charge in [-0.3, -0.25) is 4.98 Å². The fraction of sp³-hybridized carbons (Fsp3) is 0.154. The van der Waals surface area contributed by atoms with Gasteiger partial charge in [-0.15, -0.1) is 0 Å². The van der Waals surface area contributed by atoms with Gasteiger partial charge < -0.3 is 16.8 Å². The smallest absolute Gasteiger partial charge is 0.169 e. The van der Waals surface area contributed by atoms with Crippen LogP contribution in [0.4, 0.5) is 21.5 Å². The highest BCUT2D eigenvalue weighted by Gasteiger charge is 2.14. The summed E-state index contributed by atoms with van der Waals surface area (Å²) in [6, 6.07) is 3.32. The van der Waals surface area contributed by atoms with Crippen LogP contribution in [0.15, 0.2) is 24.5 Å². The zero-order chi connectivity index (χ0) is 14.0. The van der Waals surface area contributed by atoms with Gasteiger partial charge in [-0.1, -0.05) is 11.6 Å². The van der Waals surface area contributed by atoms with Crippen molar-refractivity contribution >= 4 is 28.7 Å². The van der Waals surface area contributed by atoms with Gasteiger partial charge >= 0.3 is 0 Å². The minimum atomic E-state index is -0.638. The Hall–Kier alpha value is -2.01. The molecule has 4 nitrogen and oxygen atoms in total. The van der Waals surface area contributed by atoms with Crippen LogP contribution in [0.3, 0.4) is 0 Å². The second-order valence-electron chi connectivity index (χ2n) is 4.21. The van der Waals surface area contributed by atoms with E-state index in [-0.39, 0.29) is 22.1 Å². The van der Waals surface area contributed by atoms with Gasteiger partial charge in [-0.2, -0.15) is 0 Å². The number of nitrogens with two attached hydrogens (primary N) is 2. The molecule has 5 N–H and O–H groups in total. The van der Waals surface area contributed by atoms with Crippen LogP contribution in [0.2, 0.25) is 5.02 Å². The third kappa shape index (κ3) is 2.71. The number of nitrogens with zero attached hydrogens (tertiary/aromatic N) is 1. The van der Waals surface area contributed by atoms with Crippen molar-refractivity contribution in [1.29, 1.82) is 0 Å². The fourth-order valence-corrected chi connectivity index (χ4v) is 1.86. The lowest BCUT2D eigenvalue weighted by Crippen LogP contribution is -2.07. The number of hydrogen-bond donors (Lipinski definition) is 3. The Morgan fingerprint density at radius 1 is 1.37 bits per heavy atom. The third-order valence-electron chi connectivity index (χ3n) is 2.87. The molecule has 0 saturated carbocycles. The van der Waals surface area contributed by atoms with E-state index < -0.39 is 5.82 Å². The molecule has 0 saturated heterocycles. The molecule has 0 unspecified atom stereocenters. The van der Waals surface area contributed by atoms with Crippen molar-refractivity contribution in [1.82, 2.24) is 4.98 Å². The van der Waals surface area contributed by atoms with E-state index in [4.69, 9.17) is 23.1 Å². The molecule has 0 aliphatic rings. The van der Waals surface area contributed by atoms with Gasteiger partial charge in [0.1, 0.15) is 5.02 Å². The highest BCUT2D eigenvalue weighted by atomic mass is 35.5. The van der Waals surface area contributed by atoms with Crippen LogP contribution in [0.1, 0.15) is 11.1 Å². The first kappa shape index (κ1) is 13.4. The number of aryl methyl sites for hydroxylation is 1. The molecule has 2 rings (SSSR count). The van der Waals surface area contributed by atoms with E-state index in [0.717, 1.165) is 11.1 Å². The number of nitrogen functional groups attached to an aromatic ring is 2. The molecule has 1 aromatic heterocycles. The average molecular weight is 281 g/mol. The van der Waals surface area contributed by atoms with E-state index in [1.807, 2.05) is 13.0 Å². The Morgan fingerprint density at radius 3 is 2.79 bits per heavy atom. The lowest BCUT2D eigenvalue weighted by molar-refractivity contribution is 0.631. The molecule has 0 bridgehead atoms. The summed E-state index contributed by atoms with van der Waals surface area (Å²) in [5.41, 5.74) is 13.8. The van der Waals surface area contributed by atoms with Gasteiger partial charge in [0.05, 0.1) is 17.1 Å². The Labute approximate surface area is 115 Å². The van der Waals surface area contributed by atoms with Crippen molar-refractivity contribution in [2.45, 2.75) is 13.5 Å². The van der Waals surface area contributed by atoms with Crippen LogP contribution >= 0.6 is 11.6 Å². The summed E-state index contributed by atoms with van der Waals surface area (Å²) in [4.78, 5) is 4.02. The average Bonchev–Trinajstić information content (AvgIpc) is 2.38. The summed E-state index contributed by atoms with van der Waals surface area (Å²) in [5.74, 6) is -0.638. The molecular formula is C13H14ClFN4. The van der Waals surface area contributed by atoms with Crippen molar-refractivity contribution < 1.29 is 4.39 Å². The Morgan fingerprint density at radius 2 is 2.11 bits per heavy atom. The number of hydrogen-bond acceptors (Lipinski definition) is 4. The van der Waals surface area contributed by atoms with E-state index in [9.17, 15) is 4.39 Å². The summed E-state index contributed by atoms with van der Waals surface area (Å²) in [6.07, 6.45) is 3.42. The zero-order valence-corrected chi connectivity index (χ0v) is 11.1. The van der Waals surface area contributed by atoms with Crippen LogP contribution < -0.4 is 16.8 Å². The normalized spacial score (nSPS) is 10.5. The molecule has 0 fully saturated rings. The molecular weight excluding hydrogens is 267 g/mol. The number of anilines is 3. The van der Waals surface area contributed by atoms with Crippen LogP contribution in [0, 0.1) is 12.7 Å². The third-order valence-corrected chi connectivity index (χ3v) is 3.25. The maximum atomic E-state index is 14.0. The molecule has 1 heterocycles. The molecule has 2 aromatic rings. The van der Waals surface area contributed by atoms with Gasteiger partial charge in [0.25, 0.3) is 0 Å². The molecule has 1 aromatic carbocycles. The summed E-state index contributed by atoms with van der Waals surface area (Å²) in [6.45, 7) is 2.36. The van der Waals surface area contributed by atoms with Crippen LogP contribution in [-0.2, 0) is 6.54 Å². The number of aromatic nitrogens is 1. The fourth-order valence-electron chi connectivity index (χ4n) is 1.71. The zero-order valence-electron chi connectivity index (χ0n) is 10.4. The minimum Gasteiger partial charge on any atom is -0.397 e. The second kappa shape index (κ2) is 5.32. The summed E-state index contributed by atoms with van der Waals surface area (Å²) >= 11 is 5.76. The largest absolute Gasteiger partial charge is 0.397 e. The molecule has 19 heavy (non-hydrogen) atoms. The summed E-state index contributed by atoms with van der Waals surface area (Å²) in [5, 5.41) is 2.80.